The summed E-state index contributed by atoms with van der Waals surface area (Å²) >= 11 is 1.67. The van der Waals surface area contributed by atoms with Gasteiger partial charge in [-0.1, -0.05) is 0 Å². The lowest BCUT2D eigenvalue weighted by molar-refractivity contribution is 0.0281. The number of carbonyl (C=O) groups is 1. The van der Waals surface area contributed by atoms with E-state index in [-0.39, 0.29) is 11.9 Å². The summed E-state index contributed by atoms with van der Waals surface area (Å²) in [6.07, 6.45) is 4.56. The van der Waals surface area contributed by atoms with Crippen molar-refractivity contribution in [2.45, 2.75) is 43.2 Å². The van der Waals surface area contributed by atoms with Gasteiger partial charge in [0.15, 0.2) is 0 Å². The molecule has 1 aliphatic rings. The van der Waals surface area contributed by atoms with E-state index in [4.69, 9.17) is 0 Å². The van der Waals surface area contributed by atoms with Crippen molar-refractivity contribution < 1.29 is 9.90 Å². The lowest BCUT2D eigenvalue weighted by atomic mass is 9.97. The molecule has 3 nitrogen and oxygen atoms in total. The van der Waals surface area contributed by atoms with E-state index in [9.17, 15) is 9.90 Å². The number of likely N-dealkylation sites (tertiary alicyclic amines) is 1. The van der Waals surface area contributed by atoms with Crippen LogP contribution in [0.1, 0.15) is 36.5 Å². The number of nitrogens with zero attached hydrogens (tertiary/aromatic N) is 1. The number of thioether (sulfide) groups is 1. The fourth-order valence-corrected chi connectivity index (χ4v) is 3.02. The van der Waals surface area contributed by atoms with Gasteiger partial charge in [0.1, 0.15) is 0 Å². The van der Waals surface area contributed by atoms with Crippen molar-refractivity contribution in [2.75, 3.05) is 12.8 Å². The molecule has 1 saturated heterocycles. The third-order valence-electron chi connectivity index (χ3n) is 3.70. The second kappa shape index (κ2) is 6.44. The number of piperidine rings is 1. The molecule has 0 bridgehead atoms. The molecule has 1 aliphatic heterocycles. The first kappa shape index (κ1) is 14.4. The van der Waals surface area contributed by atoms with E-state index in [0.29, 0.717) is 5.56 Å². The van der Waals surface area contributed by atoms with Crippen molar-refractivity contribution in [1.29, 1.82) is 0 Å². The zero-order chi connectivity index (χ0) is 13.8. The van der Waals surface area contributed by atoms with E-state index in [0.717, 1.165) is 30.7 Å². The predicted molar refractivity (Wildman–Crippen MR) is 78.6 cm³/mol. The van der Waals surface area contributed by atoms with Crippen molar-refractivity contribution in [2.24, 2.45) is 0 Å². The largest absolute Gasteiger partial charge is 0.391 e. The lowest BCUT2D eigenvalue weighted by Gasteiger charge is -2.37. The van der Waals surface area contributed by atoms with Gasteiger partial charge in [-0.15, -0.1) is 11.8 Å². The molecule has 1 heterocycles. The molecule has 0 aromatic heterocycles. The summed E-state index contributed by atoms with van der Waals surface area (Å²) in [6.45, 7) is 2.52. The van der Waals surface area contributed by atoms with Crippen LogP contribution in [0, 0.1) is 0 Å². The van der Waals surface area contributed by atoms with Crippen LogP contribution in [0.5, 0.6) is 0 Å². The molecular weight excluding hydrogens is 258 g/mol. The van der Waals surface area contributed by atoms with Gasteiger partial charge in [0.2, 0.25) is 0 Å². The maximum absolute atomic E-state index is 12.5. The van der Waals surface area contributed by atoms with E-state index in [1.54, 1.807) is 18.7 Å². The summed E-state index contributed by atoms with van der Waals surface area (Å²) in [5.74, 6) is 0.0400. The minimum Gasteiger partial charge on any atom is -0.391 e. The molecule has 0 saturated carbocycles. The Hall–Kier alpha value is -1.00. The number of amides is 1. The zero-order valence-corrected chi connectivity index (χ0v) is 12.3. The zero-order valence-electron chi connectivity index (χ0n) is 11.5. The summed E-state index contributed by atoms with van der Waals surface area (Å²) in [6, 6.07) is 7.66. The molecule has 0 radical (unpaired) electrons. The Morgan fingerprint density at radius 3 is 2.63 bits per heavy atom. The first-order chi connectivity index (χ1) is 9.13. The molecule has 1 aromatic rings. The summed E-state index contributed by atoms with van der Waals surface area (Å²) in [5.41, 5.74) is 0.713. The Kier molecular flexibility index (Phi) is 4.88. The van der Waals surface area contributed by atoms with Gasteiger partial charge in [0, 0.05) is 17.0 Å². The van der Waals surface area contributed by atoms with Crippen molar-refractivity contribution in [3.63, 3.8) is 0 Å². The smallest absolute Gasteiger partial charge is 0.254 e. The Morgan fingerprint density at radius 1 is 1.37 bits per heavy atom. The fourth-order valence-electron chi connectivity index (χ4n) is 2.61. The van der Waals surface area contributed by atoms with Gasteiger partial charge in [0.25, 0.3) is 5.91 Å². The molecule has 1 amide bonds. The van der Waals surface area contributed by atoms with Crippen molar-refractivity contribution in [3.8, 4) is 0 Å². The molecule has 104 valence electrons. The molecule has 19 heavy (non-hydrogen) atoms. The molecule has 0 spiro atoms. The van der Waals surface area contributed by atoms with Gasteiger partial charge in [0.05, 0.1) is 12.1 Å². The van der Waals surface area contributed by atoms with Crippen LogP contribution in [0.4, 0.5) is 0 Å². The van der Waals surface area contributed by atoms with Crippen LogP contribution in [0.3, 0.4) is 0 Å². The third-order valence-corrected chi connectivity index (χ3v) is 4.45. The van der Waals surface area contributed by atoms with Gasteiger partial charge in [-0.25, -0.2) is 0 Å². The van der Waals surface area contributed by atoms with Crippen LogP contribution in [0.15, 0.2) is 29.2 Å². The van der Waals surface area contributed by atoms with E-state index in [1.807, 2.05) is 35.4 Å². The topological polar surface area (TPSA) is 40.5 Å². The summed E-state index contributed by atoms with van der Waals surface area (Å²) in [4.78, 5) is 15.5. The standard InChI is InChI=1S/C15H21NO2S/c1-11(17)14-5-3-4-10-16(14)15(18)12-6-8-13(19-2)9-7-12/h6-9,11,14,17H,3-5,10H2,1-2H3. The minimum atomic E-state index is -0.463. The number of hydrogen-bond donors (Lipinski definition) is 1. The molecule has 2 atom stereocenters. The van der Waals surface area contributed by atoms with Crippen LogP contribution in [0.25, 0.3) is 0 Å². The average molecular weight is 279 g/mol. The lowest BCUT2D eigenvalue weighted by Crippen LogP contribution is -2.48. The van der Waals surface area contributed by atoms with Gasteiger partial charge >= 0.3 is 0 Å². The number of aliphatic hydroxyl groups excluding tert-OH is 1. The summed E-state index contributed by atoms with van der Waals surface area (Å²) < 4.78 is 0. The molecular formula is C15H21NO2S. The van der Waals surface area contributed by atoms with Gasteiger partial charge in [-0.2, -0.15) is 0 Å². The van der Waals surface area contributed by atoms with Crippen molar-refractivity contribution in [1.82, 2.24) is 4.90 Å². The fraction of sp³-hybridized carbons (Fsp3) is 0.533. The highest BCUT2D eigenvalue weighted by Gasteiger charge is 2.30. The Labute approximate surface area is 119 Å². The number of hydrogen-bond acceptors (Lipinski definition) is 3. The normalized spacial score (nSPS) is 21.2. The molecule has 1 fully saturated rings. The Balaban J connectivity index is 2.16. The monoisotopic (exact) mass is 279 g/mol. The van der Waals surface area contributed by atoms with Gasteiger partial charge in [-0.05, 0) is 56.7 Å². The molecule has 2 rings (SSSR count). The summed E-state index contributed by atoms with van der Waals surface area (Å²) in [5, 5.41) is 9.83. The first-order valence-corrected chi connectivity index (χ1v) is 7.99. The second-order valence-electron chi connectivity index (χ2n) is 5.03. The van der Waals surface area contributed by atoms with E-state index < -0.39 is 6.10 Å². The van der Waals surface area contributed by atoms with E-state index >= 15 is 0 Å². The maximum atomic E-state index is 12.5. The van der Waals surface area contributed by atoms with E-state index in [1.165, 1.54) is 0 Å². The van der Waals surface area contributed by atoms with Crippen LogP contribution in [0.2, 0.25) is 0 Å². The predicted octanol–water partition coefficient (Wildman–Crippen LogP) is 2.78. The molecule has 2 unspecified atom stereocenters. The Morgan fingerprint density at radius 2 is 2.05 bits per heavy atom. The maximum Gasteiger partial charge on any atom is 0.254 e. The quantitative estimate of drug-likeness (QED) is 0.865. The molecule has 1 N–H and O–H groups in total. The second-order valence-corrected chi connectivity index (χ2v) is 5.91. The first-order valence-electron chi connectivity index (χ1n) is 6.76. The van der Waals surface area contributed by atoms with Crippen LogP contribution < -0.4 is 0 Å². The van der Waals surface area contributed by atoms with Crippen molar-refractivity contribution in [3.05, 3.63) is 29.8 Å². The minimum absolute atomic E-state index is 0.0400. The van der Waals surface area contributed by atoms with Gasteiger partial charge < -0.3 is 10.0 Å². The number of carbonyl (C=O) groups excluding carboxylic acids is 1. The molecule has 0 aliphatic carbocycles. The van der Waals surface area contributed by atoms with Crippen LogP contribution in [-0.4, -0.2) is 40.9 Å². The number of aliphatic hydroxyl groups is 1. The van der Waals surface area contributed by atoms with Gasteiger partial charge in [-0.3, -0.25) is 4.79 Å². The van der Waals surface area contributed by atoms with Crippen molar-refractivity contribution >= 4 is 17.7 Å². The summed E-state index contributed by atoms with van der Waals surface area (Å²) in [7, 11) is 0. The SMILES string of the molecule is CSc1ccc(C(=O)N2CCCCC2C(C)O)cc1. The number of benzene rings is 1. The Bertz CT molecular complexity index is 430. The molecule has 1 aromatic carbocycles. The average Bonchev–Trinajstić information content (AvgIpc) is 2.46. The highest BCUT2D eigenvalue weighted by Crippen LogP contribution is 2.23. The van der Waals surface area contributed by atoms with Crippen LogP contribution in [-0.2, 0) is 0 Å². The van der Waals surface area contributed by atoms with Crippen LogP contribution >= 0.6 is 11.8 Å². The number of rotatable bonds is 3. The third kappa shape index (κ3) is 3.31. The highest BCUT2D eigenvalue weighted by molar-refractivity contribution is 7.98. The van der Waals surface area contributed by atoms with E-state index in [2.05, 4.69) is 0 Å². The molecule has 4 heteroatoms. The highest BCUT2D eigenvalue weighted by atomic mass is 32.2.